The summed E-state index contributed by atoms with van der Waals surface area (Å²) in [6.07, 6.45) is -8.99. The van der Waals surface area contributed by atoms with Crippen LogP contribution in [0.25, 0.3) is 16.9 Å². The Hall–Kier alpha value is -4.35. The summed E-state index contributed by atoms with van der Waals surface area (Å²) in [6, 6.07) is 15.2. The average molecular weight is 493 g/mol. The van der Waals surface area contributed by atoms with Crippen molar-refractivity contribution in [3.05, 3.63) is 84.1 Å². The van der Waals surface area contributed by atoms with Crippen molar-refractivity contribution in [2.75, 3.05) is 5.32 Å². The molecule has 0 saturated carbocycles. The number of imidazole rings is 1. The number of nitrogens with zero attached hydrogens (tertiary/aromatic N) is 2. The van der Waals surface area contributed by atoms with Crippen LogP contribution in [0.4, 0.5) is 32.2 Å². The van der Waals surface area contributed by atoms with Gasteiger partial charge < -0.3 is 10.1 Å². The van der Waals surface area contributed by atoms with E-state index >= 15 is 0 Å². The summed E-state index contributed by atoms with van der Waals surface area (Å²) in [5, 5.41) is 1.64. The highest BCUT2D eigenvalue weighted by Gasteiger charge is 2.40. The third-order valence-electron chi connectivity index (χ3n) is 4.75. The van der Waals surface area contributed by atoms with Gasteiger partial charge in [-0.05, 0) is 24.3 Å². The Morgan fingerprint density at radius 2 is 1.57 bits per heavy atom. The largest absolute Gasteiger partial charge is 0.573 e. The molecule has 1 amide bonds. The number of pyridine rings is 1. The molecule has 0 aliphatic carbocycles. The van der Waals surface area contributed by atoms with E-state index in [0.717, 1.165) is 12.1 Å². The summed E-state index contributed by atoms with van der Waals surface area (Å²) in [6.45, 7) is 0. The zero-order valence-corrected chi connectivity index (χ0v) is 17.3. The molecule has 0 aliphatic heterocycles. The number of ether oxygens (including phenoxy) is 1. The molecule has 35 heavy (non-hydrogen) atoms. The summed E-state index contributed by atoms with van der Waals surface area (Å²) in [4.78, 5) is 28.4. The van der Waals surface area contributed by atoms with E-state index in [4.69, 9.17) is 0 Å². The minimum Gasteiger partial charge on any atom is -0.406 e. The van der Waals surface area contributed by atoms with E-state index in [-0.39, 0.29) is 22.5 Å². The van der Waals surface area contributed by atoms with Crippen LogP contribution in [0.15, 0.2) is 72.9 Å². The highest BCUT2D eigenvalue weighted by Crippen LogP contribution is 2.34. The van der Waals surface area contributed by atoms with Crippen molar-refractivity contribution in [2.45, 2.75) is 12.5 Å². The number of amides is 1. The van der Waals surface area contributed by atoms with Gasteiger partial charge in [0.15, 0.2) is 11.6 Å². The molecule has 4 aromatic rings. The van der Waals surface area contributed by atoms with Crippen molar-refractivity contribution < 1.29 is 40.7 Å². The number of anilines is 1. The van der Waals surface area contributed by atoms with E-state index in [2.05, 4.69) is 9.72 Å². The molecule has 0 bridgehead atoms. The molecule has 0 fully saturated rings. The van der Waals surface area contributed by atoms with Crippen LogP contribution in [-0.4, -0.2) is 33.6 Å². The lowest BCUT2D eigenvalue weighted by atomic mass is 10.1. The van der Waals surface area contributed by atoms with Crippen molar-refractivity contribution in [1.82, 2.24) is 9.38 Å². The number of carbonyl (C=O) groups is 2. The number of hydrogen-bond acceptors (Lipinski definition) is 4. The summed E-state index contributed by atoms with van der Waals surface area (Å²) in [5.41, 5.74) is 0.247. The second-order valence-electron chi connectivity index (χ2n) is 7.18. The number of aromatic nitrogens is 2. The lowest BCUT2D eigenvalue weighted by Gasteiger charge is -2.12. The maximum atomic E-state index is 12.9. The monoisotopic (exact) mass is 493 g/mol. The minimum absolute atomic E-state index is 0.0317. The topological polar surface area (TPSA) is 72.7 Å². The van der Waals surface area contributed by atoms with Crippen LogP contribution in [0.2, 0.25) is 0 Å². The van der Waals surface area contributed by atoms with Crippen molar-refractivity contribution in [3.63, 3.8) is 0 Å². The number of carbonyl (C=O) groups excluding carboxylic acids is 2. The smallest absolute Gasteiger partial charge is 0.406 e. The SMILES string of the molecule is O=C(c1ccccc1)c1ccc2nc(NC(=O)C(F)(F)F)c(-c3cccc(OC(F)(F)F)c3)n2c1. The molecule has 0 aliphatic rings. The van der Waals surface area contributed by atoms with Gasteiger partial charge in [0.25, 0.3) is 0 Å². The van der Waals surface area contributed by atoms with E-state index in [9.17, 15) is 35.9 Å². The summed E-state index contributed by atoms with van der Waals surface area (Å²) >= 11 is 0. The molecule has 0 atom stereocenters. The van der Waals surface area contributed by atoms with Crippen molar-refractivity contribution in [1.29, 1.82) is 0 Å². The van der Waals surface area contributed by atoms with Crippen molar-refractivity contribution >= 4 is 23.2 Å². The molecule has 12 heteroatoms. The van der Waals surface area contributed by atoms with Gasteiger partial charge in [0, 0.05) is 22.9 Å². The quantitative estimate of drug-likeness (QED) is 0.289. The molecule has 0 spiro atoms. The number of fused-ring (bicyclic) bond motifs is 1. The van der Waals surface area contributed by atoms with E-state index in [0.29, 0.717) is 5.56 Å². The van der Waals surface area contributed by atoms with Gasteiger partial charge in [0.2, 0.25) is 0 Å². The van der Waals surface area contributed by atoms with Crippen LogP contribution in [0.1, 0.15) is 15.9 Å². The van der Waals surface area contributed by atoms with Crippen LogP contribution < -0.4 is 10.1 Å². The number of alkyl halides is 6. The molecule has 4 rings (SSSR count). The second kappa shape index (κ2) is 8.78. The molecular formula is C23H13F6N3O3. The Balaban J connectivity index is 1.88. The lowest BCUT2D eigenvalue weighted by molar-refractivity contribution is -0.274. The molecule has 0 saturated heterocycles. The first-order chi connectivity index (χ1) is 16.4. The lowest BCUT2D eigenvalue weighted by Crippen LogP contribution is -2.30. The van der Waals surface area contributed by atoms with Gasteiger partial charge in [-0.15, -0.1) is 13.2 Å². The number of hydrogen-bond donors (Lipinski definition) is 1. The summed E-state index contributed by atoms with van der Waals surface area (Å²) < 4.78 is 81.9. The van der Waals surface area contributed by atoms with Gasteiger partial charge in [0.1, 0.15) is 11.4 Å². The van der Waals surface area contributed by atoms with Crippen LogP contribution in [0.5, 0.6) is 5.75 Å². The Morgan fingerprint density at radius 1 is 0.857 bits per heavy atom. The fourth-order valence-electron chi connectivity index (χ4n) is 3.32. The van der Waals surface area contributed by atoms with E-state index < -0.39 is 35.8 Å². The third-order valence-corrected chi connectivity index (χ3v) is 4.75. The standard InChI is InChI=1S/C23H13F6N3O3/c24-22(25,26)21(34)31-20-18(14-7-4-8-16(11-14)35-23(27,28)29)32-12-15(9-10-17(32)30-20)19(33)13-5-2-1-3-6-13/h1-12H,(H,31,34). The zero-order valence-electron chi connectivity index (χ0n) is 17.3. The van der Waals surface area contributed by atoms with E-state index in [1.165, 1.54) is 34.9 Å². The van der Waals surface area contributed by atoms with Crippen LogP contribution >= 0.6 is 0 Å². The fraction of sp³-hybridized carbons (Fsp3) is 0.0870. The Bertz CT molecular complexity index is 1410. The predicted octanol–water partition coefficient (Wildman–Crippen LogP) is 5.63. The summed E-state index contributed by atoms with van der Waals surface area (Å²) in [7, 11) is 0. The number of benzene rings is 2. The normalized spacial score (nSPS) is 11.9. The average Bonchev–Trinajstić information content (AvgIpc) is 3.14. The van der Waals surface area contributed by atoms with Gasteiger partial charge >= 0.3 is 18.4 Å². The molecule has 2 aromatic carbocycles. The number of rotatable bonds is 5. The number of nitrogens with one attached hydrogen (secondary N) is 1. The summed E-state index contributed by atoms with van der Waals surface area (Å²) in [5.74, 6) is -3.96. The van der Waals surface area contributed by atoms with Crippen molar-refractivity contribution in [3.8, 4) is 17.0 Å². The van der Waals surface area contributed by atoms with Gasteiger partial charge in [-0.25, -0.2) is 4.98 Å². The van der Waals surface area contributed by atoms with E-state index in [1.54, 1.807) is 35.6 Å². The predicted molar refractivity (Wildman–Crippen MR) is 112 cm³/mol. The first kappa shape index (κ1) is 23.8. The maximum absolute atomic E-state index is 12.9. The van der Waals surface area contributed by atoms with Gasteiger partial charge in [-0.2, -0.15) is 13.2 Å². The number of halogens is 6. The Labute approximate surface area is 192 Å². The fourth-order valence-corrected chi connectivity index (χ4v) is 3.32. The third kappa shape index (κ3) is 5.26. The van der Waals surface area contributed by atoms with Crippen molar-refractivity contribution in [2.24, 2.45) is 0 Å². The van der Waals surface area contributed by atoms with E-state index in [1.807, 2.05) is 0 Å². The highest BCUT2D eigenvalue weighted by molar-refractivity contribution is 6.09. The Morgan fingerprint density at radius 3 is 2.23 bits per heavy atom. The molecule has 2 heterocycles. The molecular weight excluding hydrogens is 480 g/mol. The molecule has 0 radical (unpaired) electrons. The maximum Gasteiger partial charge on any atom is 0.573 e. The molecule has 2 aromatic heterocycles. The van der Waals surface area contributed by atoms with Gasteiger partial charge in [-0.1, -0.05) is 42.5 Å². The number of ketones is 1. The molecule has 6 nitrogen and oxygen atoms in total. The highest BCUT2D eigenvalue weighted by atomic mass is 19.4. The first-order valence-corrected chi connectivity index (χ1v) is 9.78. The van der Waals surface area contributed by atoms with Crippen LogP contribution in [0, 0.1) is 0 Å². The molecule has 1 N–H and O–H groups in total. The Kier molecular flexibility index (Phi) is 5.97. The zero-order chi connectivity index (χ0) is 25.4. The molecule has 0 unspecified atom stereocenters. The first-order valence-electron chi connectivity index (χ1n) is 9.78. The van der Waals surface area contributed by atoms with Gasteiger partial charge in [-0.3, -0.25) is 14.0 Å². The van der Waals surface area contributed by atoms with Crippen LogP contribution in [-0.2, 0) is 4.79 Å². The molecule has 180 valence electrons. The van der Waals surface area contributed by atoms with Gasteiger partial charge in [0.05, 0.1) is 5.69 Å². The van der Waals surface area contributed by atoms with Crippen LogP contribution in [0.3, 0.4) is 0 Å². The minimum atomic E-state index is -5.25. The second-order valence-corrected chi connectivity index (χ2v) is 7.18.